The Morgan fingerprint density at radius 2 is 1.89 bits per heavy atom. The summed E-state index contributed by atoms with van der Waals surface area (Å²) in [6.07, 6.45) is 3.71. The van der Waals surface area contributed by atoms with Crippen LogP contribution in [0.4, 0.5) is 17.6 Å². The quantitative estimate of drug-likeness (QED) is 0.513. The smallest absolute Gasteiger partial charge is 0.315 e. The Morgan fingerprint density at radius 1 is 1.08 bits per heavy atom. The van der Waals surface area contributed by atoms with Gasteiger partial charge in [-0.25, -0.2) is 8.78 Å². The lowest BCUT2D eigenvalue weighted by Crippen LogP contribution is -2.42. The number of piperidine rings is 1. The molecule has 1 saturated heterocycles. The zero-order chi connectivity index (χ0) is 25.3. The lowest BCUT2D eigenvalue weighted by Gasteiger charge is -2.39. The van der Waals surface area contributed by atoms with E-state index in [1.807, 2.05) is 12.3 Å². The first-order valence-electron chi connectivity index (χ1n) is 11.6. The normalized spacial score (nSPS) is 17.8. The van der Waals surface area contributed by atoms with E-state index in [9.17, 15) is 22.4 Å². The molecule has 1 amide bonds. The number of ether oxygens (including phenoxy) is 1. The monoisotopic (exact) mass is 500 g/mol. The molecule has 0 bridgehead atoms. The number of likely N-dealkylation sites (tertiary alicyclic amines) is 1. The third-order valence-electron chi connectivity index (χ3n) is 6.88. The van der Waals surface area contributed by atoms with Crippen LogP contribution in [-0.2, 0) is 28.3 Å². The molecular weight excluding hydrogens is 476 g/mol. The van der Waals surface area contributed by atoms with E-state index >= 15 is 0 Å². The molecule has 10 heteroatoms. The first kappa shape index (κ1) is 24.3. The predicted octanol–water partition coefficient (Wildman–Crippen LogP) is 4.25. The zero-order valence-corrected chi connectivity index (χ0v) is 19.3. The van der Waals surface area contributed by atoms with Crippen LogP contribution in [0.2, 0.25) is 0 Å². The molecule has 3 aromatic rings. The van der Waals surface area contributed by atoms with Gasteiger partial charge < -0.3 is 10.1 Å². The number of aromatic nitrogens is 2. The number of rotatable bonds is 6. The first-order valence-corrected chi connectivity index (χ1v) is 11.6. The summed E-state index contributed by atoms with van der Waals surface area (Å²) < 4.78 is 59.2. The number of hydrogen-bond donors (Lipinski definition) is 1. The third-order valence-corrected chi connectivity index (χ3v) is 6.88. The lowest BCUT2D eigenvalue weighted by atomic mass is 9.84. The molecule has 6 nitrogen and oxygen atoms in total. The Kier molecular flexibility index (Phi) is 6.72. The Morgan fingerprint density at radius 3 is 2.58 bits per heavy atom. The number of carbonyl (C=O) groups is 1. The highest BCUT2D eigenvalue weighted by atomic mass is 19.3. The highest BCUT2D eigenvalue weighted by Crippen LogP contribution is 2.43. The summed E-state index contributed by atoms with van der Waals surface area (Å²) in [5.41, 5.74) is 3.31. The molecule has 1 aromatic carbocycles. The van der Waals surface area contributed by atoms with Crippen molar-refractivity contribution in [2.24, 2.45) is 0 Å². The summed E-state index contributed by atoms with van der Waals surface area (Å²) in [6, 6.07) is 7.21. The fourth-order valence-electron chi connectivity index (χ4n) is 4.92. The largest absolute Gasteiger partial charge is 0.365 e. The molecule has 1 spiro atoms. The molecule has 2 aliphatic heterocycles. The maximum Gasteiger partial charge on any atom is 0.315 e. The number of nitrogens with one attached hydrogen (secondary N) is 1. The molecule has 1 atom stereocenters. The van der Waals surface area contributed by atoms with Gasteiger partial charge in [-0.1, -0.05) is 12.1 Å². The number of pyridine rings is 2. The third kappa shape index (κ3) is 4.83. The van der Waals surface area contributed by atoms with Gasteiger partial charge in [0, 0.05) is 43.8 Å². The van der Waals surface area contributed by atoms with Crippen molar-refractivity contribution >= 4 is 5.91 Å². The summed E-state index contributed by atoms with van der Waals surface area (Å²) in [7, 11) is 0. The minimum absolute atomic E-state index is 0.107. The average Bonchev–Trinajstić information content (AvgIpc) is 3.24. The number of alkyl halides is 2. The van der Waals surface area contributed by atoms with Crippen LogP contribution in [0.3, 0.4) is 0 Å². The van der Waals surface area contributed by atoms with Crippen LogP contribution in [-0.4, -0.2) is 40.3 Å². The van der Waals surface area contributed by atoms with E-state index in [0.29, 0.717) is 13.2 Å². The second-order valence-corrected chi connectivity index (χ2v) is 9.10. The van der Waals surface area contributed by atoms with E-state index < -0.39 is 30.0 Å². The minimum Gasteiger partial charge on any atom is -0.365 e. The van der Waals surface area contributed by atoms with Gasteiger partial charge in [-0.2, -0.15) is 8.78 Å². The van der Waals surface area contributed by atoms with Crippen molar-refractivity contribution in [2.45, 2.75) is 44.1 Å². The fraction of sp³-hybridized carbons (Fsp3) is 0.346. The molecule has 0 aliphatic carbocycles. The SMILES string of the molecule is O=C(N[C@@H](c1ccc(F)c(F)c1)c1ccc(CN2CCC3(CC2)OCc2ccncc23)cn1)C(F)F. The molecule has 188 valence electrons. The summed E-state index contributed by atoms with van der Waals surface area (Å²) in [5, 5.41) is 2.16. The number of halogens is 4. The van der Waals surface area contributed by atoms with E-state index in [4.69, 9.17) is 4.74 Å². The van der Waals surface area contributed by atoms with Gasteiger partial charge in [-0.3, -0.25) is 19.7 Å². The van der Waals surface area contributed by atoms with Crippen molar-refractivity contribution in [2.75, 3.05) is 13.1 Å². The van der Waals surface area contributed by atoms with E-state index in [0.717, 1.165) is 43.6 Å². The van der Waals surface area contributed by atoms with E-state index in [1.54, 1.807) is 24.5 Å². The lowest BCUT2D eigenvalue weighted by molar-refractivity contribution is -0.132. The minimum atomic E-state index is -3.26. The molecule has 36 heavy (non-hydrogen) atoms. The van der Waals surface area contributed by atoms with Gasteiger partial charge >= 0.3 is 6.43 Å². The summed E-state index contributed by atoms with van der Waals surface area (Å²) in [5.74, 6) is -3.75. The standard InChI is InChI=1S/C26H24F4N4O2/c27-20-3-2-17(11-21(20)28)23(33-25(35)24(29)30)22-4-1-16(12-32-22)14-34-9-6-26(7-10-34)19-13-31-8-5-18(19)15-36-26/h1-5,8,11-13,23-24H,6-7,9-10,14-15H2,(H,33,35)/t23-/m0/s1. The second-order valence-electron chi connectivity index (χ2n) is 9.10. The number of hydrogen-bond acceptors (Lipinski definition) is 5. The van der Waals surface area contributed by atoms with Gasteiger partial charge in [0.05, 0.1) is 23.9 Å². The Labute approximate surface area is 205 Å². The Hall–Kier alpha value is -3.37. The van der Waals surface area contributed by atoms with Gasteiger partial charge in [0.25, 0.3) is 5.91 Å². The number of nitrogens with zero attached hydrogens (tertiary/aromatic N) is 3. The van der Waals surface area contributed by atoms with Crippen molar-refractivity contribution < 1.29 is 27.1 Å². The Bertz CT molecular complexity index is 1250. The van der Waals surface area contributed by atoms with Crippen LogP contribution >= 0.6 is 0 Å². The van der Waals surface area contributed by atoms with Crippen molar-refractivity contribution in [3.63, 3.8) is 0 Å². The highest BCUT2D eigenvalue weighted by Gasteiger charge is 2.42. The van der Waals surface area contributed by atoms with Gasteiger partial charge in [0.15, 0.2) is 11.6 Å². The summed E-state index contributed by atoms with van der Waals surface area (Å²) in [4.78, 5) is 22.6. The molecular formula is C26H24F4N4O2. The van der Waals surface area contributed by atoms with Crippen molar-refractivity contribution in [3.8, 4) is 0 Å². The topological polar surface area (TPSA) is 67.4 Å². The van der Waals surface area contributed by atoms with Crippen molar-refractivity contribution in [1.82, 2.24) is 20.2 Å². The van der Waals surface area contributed by atoms with Crippen molar-refractivity contribution in [3.05, 3.63) is 94.6 Å². The van der Waals surface area contributed by atoms with E-state index in [2.05, 4.69) is 20.2 Å². The maximum absolute atomic E-state index is 13.8. The molecule has 5 rings (SSSR count). The van der Waals surface area contributed by atoms with Gasteiger partial charge in [-0.15, -0.1) is 0 Å². The van der Waals surface area contributed by atoms with Crippen LogP contribution in [0.25, 0.3) is 0 Å². The maximum atomic E-state index is 13.8. The van der Waals surface area contributed by atoms with Gasteiger partial charge in [0.1, 0.15) is 0 Å². The molecule has 1 N–H and O–H groups in total. The second kappa shape index (κ2) is 9.94. The van der Waals surface area contributed by atoms with Gasteiger partial charge in [-0.05, 0) is 53.8 Å². The number of carbonyl (C=O) groups excluding carboxylic acids is 1. The van der Waals surface area contributed by atoms with Crippen LogP contribution < -0.4 is 5.32 Å². The molecule has 2 aromatic heterocycles. The molecule has 0 radical (unpaired) electrons. The van der Waals surface area contributed by atoms with Crippen LogP contribution in [0.1, 0.15) is 46.8 Å². The molecule has 0 saturated carbocycles. The van der Waals surface area contributed by atoms with Crippen molar-refractivity contribution in [1.29, 1.82) is 0 Å². The summed E-state index contributed by atoms with van der Waals surface area (Å²) in [6.45, 7) is 2.86. The molecule has 1 fully saturated rings. The highest BCUT2D eigenvalue weighted by molar-refractivity contribution is 5.80. The number of benzene rings is 1. The number of amides is 1. The summed E-state index contributed by atoms with van der Waals surface area (Å²) >= 11 is 0. The zero-order valence-electron chi connectivity index (χ0n) is 19.3. The Balaban J connectivity index is 1.27. The molecule has 2 aliphatic rings. The predicted molar refractivity (Wildman–Crippen MR) is 122 cm³/mol. The van der Waals surface area contributed by atoms with Crippen LogP contribution in [0.15, 0.2) is 55.0 Å². The fourth-order valence-corrected chi connectivity index (χ4v) is 4.92. The molecule has 0 unspecified atom stereocenters. The average molecular weight is 500 g/mol. The van der Waals surface area contributed by atoms with E-state index in [-0.39, 0.29) is 16.9 Å². The van der Waals surface area contributed by atoms with Gasteiger partial charge in [0.2, 0.25) is 0 Å². The first-order chi connectivity index (χ1) is 17.3. The van der Waals surface area contributed by atoms with Crippen LogP contribution in [0.5, 0.6) is 0 Å². The molecule has 4 heterocycles. The van der Waals surface area contributed by atoms with Crippen LogP contribution in [0, 0.1) is 11.6 Å². The van der Waals surface area contributed by atoms with E-state index in [1.165, 1.54) is 17.2 Å². The number of fused-ring (bicyclic) bond motifs is 2.